The molecule has 0 amide bonds. The highest BCUT2D eigenvalue weighted by Crippen LogP contribution is 2.26. The van der Waals surface area contributed by atoms with Crippen LogP contribution in [0, 0.1) is 6.92 Å². The van der Waals surface area contributed by atoms with E-state index in [0.29, 0.717) is 5.56 Å². The highest BCUT2D eigenvalue weighted by molar-refractivity contribution is 6.02. The number of para-hydroxylation sites is 1. The Bertz CT molecular complexity index is 392. The van der Waals surface area contributed by atoms with Crippen LogP contribution in [0.25, 0.3) is 0 Å². The zero-order chi connectivity index (χ0) is 12.3. The van der Waals surface area contributed by atoms with Gasteiger partial charge < -0.3 is 10.5 Å². The number of alkyl halides is 2. The molecule has 0 heterocycles. The predicted molar refractivity (Wildman–Crippen MR) is 55.8 cm³/mol. The van der Waals surface area contributed by atoms with Gasteiger partial charge in [-0.2, -0.15) is 8.78 Å². The number of ketones is 1. The van der Waals surface area contributed by atoms with Crippen molar-refractivity contribution >= 4 is 5.78 Å². The van der Waals surface area contributed by atoms with E-state index in [4.69, 9.17) is 5.73 Å². The fourth-order valence-electron chi connectivity index (χ4n) is 1.34. The molecule has 0 spiro atoms. The monoisotopic (exact) mass is 229 g/mol. The number of rotatable bonds is 4. The predicted octanol–water partition coefficient (Wildman–Crippen LogP) is 2.13. The van der Waals surface area contributed by atoms with Crippen LogP contribution in [-0.4, -0.2) is 18.4 Å². The Balaban J connectivity index is 3.17. The molecule has 2 N–H and O–H groups in total. The molecule has 0 saturated heterocycles. The molecule has 1 atom stereocenters. The van der Waals surface area contributed by atoms with Crippen LogP contribution in [0.15, 0.2) is 18.2 Å². The van der Waals surface area contributed by atoms with Gasteiger partial charge in [-0.05, 0) is 25.5 Å². The highest BCUT2D eigenvalue weighted by atomic mass is 19.3. The fraction of sp³-hybridized carbons (Fsp3) is 0.364. The van der Waals surface area contributed by atoms with Crippen molar-refractivity contribution in [1.82, 2.24) is 0 Å². The molecule has 1 unspecified atom stereocenters. The van der Waals surface area contributed by atoms with Crippen LogP contribution < -0.4 is 10.5 Å². The Morgan fingerprint density at radius 1 is 1.44 bits per heavy atom. The summed E-state index contributed by atoms with van der Waals surface area (Å²) in [5, 5.41) is 0. The Morgan fingerprint density at radius 3 is 2.56 bits per heavy atom. The van der Waals surface area contributed by atoms with Crippen LogP contribution in [0.5, 0.6) is 5.75 Å². The second kappa shape index (κ2) is 5.03. The van der Waals surface area contributed by atoms with Crippen molar-refractivity contribution in [3.63, 3.8) is 0 Å². The molecule has 0 radical (unpaired) electrons. The van der Waals surface area contributed by atoms with Gasteiger partial charge in [-0.3, -0.25) is 4.79 Å². The number of ether oxygens (including phenoxy) is 1. The lowest BCUT2D eigenvalue weighted by Crippen LogP contribution is -2.27. The fourth-order valence-corrected chi connectivity index (χ4v) is 1.34. The van der Waals surface area contributed by atoms with Crippen LogP contribution in [0.2, 0.25) is 0 Å². The first-order valence-electron chi connectivity index (χ1n) is 4.77. The van der Waals surface area contributed by atoms with Crippen LogP contribution in [0.3, 0.4) is 0 Å². The summed E-state index contributed by atoms with van der Waals surface area (Å²) in [4.78, 5) is 11.6. The molecule has 0 aliphatic carbocycles. The van der Waals surface area contributed by atoms with Crippen molar-refractivity contribution in [2.45, 2.75) is 26.5 Å². The minimum atomic E-state index is -2.96. The normalized spacial score (nSPS) is 12.6. The van der Waals surface area contributed by atoms with Gasteiger partial charge in [0.1, 0.15) is 5.75 Å². The number of Topliss-reactive ketones (excluding diaryl/α,β-unsaturated/α-hetero) is 1. The summed E-state index contributed by atoms with van der Waals surface area (Å²) >= 11 is 0. The zero-order valence-electron chi connectivity index (χ0n) is 9.04. The van der Waals surface area contributed by atoms with Gasteiger partial charge in [0, 0.05) is 0 Å². The molecule has 0 aromatic heterocycles. The number of hydrogen-bond donors (Lipinski definition) is 1. The molecule has 5 heteroatoms. The second-order valence-electron chi connectivity index (χ2n) is 3.48. The van der Waals surface area contributed by atoms with E-state index < -0.39 is 18.4 Å². The average Bonchev–Trinajstić information content (AvgIpc) is 2.19. The van der Waals surface area contributed by atoms with Crippen LogP contribution in [0.4, 0.5) is 8.78 Å². The van der Waals surface area contributed by atoms with Gasteiger partial charge in [-0.1, -0.05) is 12.1 Å². The van der Waals surface area contributed by atoms with E-state index in [0.717, 1.165) is 0 Å². The molecular formula is C11H13F2NO2. The number of aryl methyl sites for hydroxylation is 1. The van der Waals surface area contributed by atoms with Crippen LogP contribution in [0.1, 0.15) is 22.8 Å². The lowest BCUT2D eigenvalue weighted by Gasteiger charge is -2.13. The summed E-state index contributed by atoms with van der Waals surface area (Å²) < 4.78 is 28.7. The van der Waals surface area contributed by atoms with Gasteiger partial charge in [0.05, 0.1) is 11.6 Å². The van der Waals surface area contributed by atoms with Gasteiger partial charge in [0.25, 0.3) is 0 Å². The lowest BCUT2D eigenvalue weighted by atomic mass is 10.0. The van der Waals surface area contributed by atoms with E-state index in [2.05, 4.69) is 4.74 Å². The molecule has 0 aliphatic rings. The van der Waals surface area contributed by atoms with E-state index >= 15 is 0 Å². The van der Waals surface area contributed by atoms with Crippen molar-refractivity contribution in [3.8, 4) is 5.75 Å². The molecule has 0 bridgehead atoms. The SMILES string of the molecule is Cc1cccc(C(=O)C(C)N)c1OC(F)F. The van der Waals surface area contributed by atoms with E-state index in [-0.39, 0.29) is 11.3 Å². The van der Waals surface area contributed by atoms with Crippen molar-refractivity contribution < 1.29 is 18.3 Å². The summed E-state index contributed by atoms with van der Waals surface area (Å²) in [5.74, 6) is -0.515. The molecule has 16 heavy (non-hydrogen) atoms. The van der Waals surface area contributed by atoms with E-state index in [1.54, 1.807) is 19.1 Å². The minimum Gasteiger partial charge on any atom is -0.434 e. The van der Waals surface area contributed by atoms with Gasteiger partial charge in [0.15, 0.2) is 5.78 Å². The first-order valence-corrected chi connectivity index (χ1v) is 4.77. The number of halogens is 2. The summed E-state index contributed by atoms with van der Waals surface area (Å²) in [6.07, 6.45) is 0. The van der Waals surface area contributed by atoms with Gasteiger partial charge in [-0.25, -0.2) is 0 Å². The Labute approximate surface area is 92.2 Å². The van der Waals surface area contributed by atoms with Crippen LogP contribution >= 0.6 is 0 Å². The van der Waals surface area contributed by atoms with Crippen molar-refractivity contribution in [2.24, 2.45) is 5.73 Å². The molecule has 0 aliphatic heterocycles. The Hall–Kier alpha value is -1.49. The molecule has 1 aromatic rings. The maximum Gasteiger partial charge on any atom is 0.387 e. The van der Waals surface area contributed by atoms with Gasteiger partial charge in [-0.15, -0.1) is 0 Å². The van der Waals surface area contributed by atoms with E-state index in [1.807, 2.05) is 0 Å². The quantitative estimate of drug-likeness (QED) is 0.804. The topological polar surface area (TPSA) is 52.3 Å². The molecule has 1 rings (SSSR count). The molecule has 1 aromatic carbocycles. The summed E-state index contributed by atoms with van der Waals surface area (Å²) in [7, 11) is 0. The number of carbonyl (C=O) groups is 1. The third-order valence-corrected chi connectivity index (χ3v) is 2.10. The standard InChI is InChI=1S/C11H13F2NO2/c1-6-4-3-5-8(9(15)7(2)14)10(6)16-11(12)13/h3-5,7,11H,14H2,1-2H3. The largest absolute Gasteiger partial charge is 0.434 e. The maximum atomic E-state index is 12.2. The number of hydrogen-bond acceptors (Lipinski definition) is 3. The minimum absolute atomic E-state index is 0.0929. The molecular weight excluding hydrogens is 216 g/mol. The number of nitrogens with two attached hydrogens (primary N) is 1. The maximum absolute atomic E-state index is 12.2. The number of benzene rings is 1. The summed E-state index contributed by atoms with van der Waals surface area (Å²) in [6, 6.07) is 3.87. The Morgan fingerprint density at radius 2 is 2.06 bits per heavy atom. The van der Waals surface area contributed by atoms with Gasteiger partial charge in [0.2, 0.25) is 0 Å². The van der Waals surface area contributed by atoms with E-state index in [1.165, 1.54) is 13.0 Å². The van der Waals surface area contributed by atoms with Crippen LogP contribution in [-0.2, 0) is 0 Å². The summed E-state index contributed by atoms with van der Waals surface area (Å²) in [6.45, 7) is 0.132. The summed E-state index contributed by atoms with van der Waals surface area (Å²) in [5.41, 5.74) is 6.00. The lowest BCUT2D eigenvalue weighted by molar-refractivity contribution is -0.0506. The third kappa shape index (κ3) is 2.76. The molecule has 0 saturated carbocycles. The smallest absolute Gasteiger partial charge is 0.387 e. The average molecular weight is 229 g/mol. The Kier molecular flexibility index (Phi) is 3.95. The van der Waals surface area contributed by atoms with Gasteiger partial charge >= 0.3 is 6.61 Å². The van der Waals surface area contributed by atoms with E-state index in [9.17, 15) is 13.6 Å². The molecule has 3 nitrogen and oxygen atoms in total. The van der Waals surface area contributed by atoms with Crippen molar-refractivity contribution in [3.05, 3.63) is 29.3 Å². The zero-order valence-corrected chi connectivity index (χ0v) is 9.04. The first kappa shape index (κ1) is 12.6. The highest BCUT2D eigenvalue weighted by Gasteiger charge is 2.19. The number of carbonyl (C=O) groups excluding carboxylic acids is 1. The third-order valence-electron chi connectivity index (χ3n) is 2.10. The van der Waals surface area contributed by atoms with Crippen molar-refractivity contribution in [2.75, 3.05) is 0 Å². The second-order valence-corrected chi connectivity index (χ2v) is 3.48. The molecule has 88 valence electrons. The first-order chi connectivity index (χ1) is 7.43. The van der Waals surface area contributed by atoms with Crippen molar-refractivity contribution in [1.29, 1.82) is 0 Å². The molecule has 0 fully saturated rings.